The number of methoxy groups -OCH3 is 1. The first-order valence-electron chi connectivity index (χ1n) is 6.46. The summed E-state index contributed by atoms with van der Waals surface area (Å²) in [5.74, 6) is -0.473. The van der Waals surface area contributed by atoms with Crippen LogP contribution in [0.4, 0.5) is 4.79 Å². The van der Waals surface area contributed by atoms with Gasteiger partial charge in [0.15, 0.2) is 0 Å². The second kappa shape index (κ2) is 5.63. The molecule has 1 rings (SSSR count). The van der Waals surface area contributed by atoms with E-state index in [-0.39, 0.29) is 5.41 Å². The van der Waals surface area contributed by atoms with Crippen molar-refractivity contribution >= 4 is 12.1 Å². The number of esters is 1. The Labute approximate surface area is 114 Å². The highest BCUT2D eigenvalue weighted by Crippen LogP contribution is 2.45. The average molecular weight is 269 g/mol. The van der Waals surface area contributed by atoms with Crippen LogP contribution in [0, 0.1) is 5.41 Å². The van der Waals surface area contributed by atoms with Crippen LogP contribution in [-0.4, -0.2) is 24.8 Å². The van der Waals surface area contributed by atoms with E-state index in [4.69, 9.17) is 4.74 Å². The van der Waals surface area contributed by atoms with Gasteiger partial charge >= 0.3 is 12.1 Å². The molecule has 0 unspecified atom stereocenters. The predicted molar refractivity (Wildman–Crippen MR) is 71.4 cm³/mol. The Hall–Kier alpha value is -1.52. The van der Waals surface area contributed by atoms with E-state index in [0.717, 1.165) is 19.3 Å². The molecule has 0 aromatic carbocycles. The second-order valence-electron chi connectivity index (χ2n) is 6.12. The van der Waals surface area contributed by atoms with Gasteiger partial charge in [-0.2, -0.15) is 0 Å². The standard InChI is InChI=1S/C14H23NO4/c1-13(2,3)19-12(17)15-10(9-11(16)18-5)14(4)7-6-8-14/h9H,6-8H2,1-5H3,(H,15,17). The molecule has 1 aliphatic carbocycles. The monoisotopic (exact) mass is 269 g/mol. The Kier molecular flexibility index (Phi) is 4.61. The van der Waals surface area contributed by atoms with E-state index >= 15 is 0 Å². The van der Waals surface area contributed by atoms with Crippen LogP contribution < -0.4 is 5.32 Å². The summed E-state index contributed by atoms with van der Waals surface area (Å²) in [6.07, 6.45) is 3.75. The third-order valence-electron chi connectivity index (χ3n) is 3.21. The van der Waals surface area contributed by atoms with Crippen LogP contribution in [0.25, 0.3) is 0 Å². The van der Waals surface area contributed by atoms with Crippen molar-refractivity contribution in [3.63, 3.8) is 0 Å². The molecule has 0 radical (unpaired) electrons. The van der Waals surface area contributed by atoms with Gasteiger partial charge in [-0.1, -0.05) is 13.3 Å². The van der Waals surface area contributed by atoms with E-state index in [1.807, 2.05) is 6.92 Å². The summed E-state index contributed by atoms with van der Waals surface area (Å²) in [6, 6.07) is 0. The minimum atomic E-state index is -0.568. The lowest BCUT2D eigenvalue weighted by atomic mass is 9.68. The van der Waals surface area contributed by atoms with Gasteiger partial charge in [-0.3, -0.25) is 5.32 Å². The Bertz CT molecular complexity index is 389. The number of carbonyl (C=O) groups excluding carboxylic acids is 2. The van der Waals surface area contributed by atoms with E-state index in [1.165, 1.54) is 13.2 Å². The number of amides is 1. The van der Waals surface area contributed by atoms with Crippen molar-refractivity contribution in [2.24, 2.45) is 5.41 Å². The Balaban J connectivity index is 2.78. The highest BCUT2D eigenvalue weighted by molar-refractivity contribution is 5.84. The number of carbonyl (C=O) groups is 2. The zero-order valence-corrected chi connectivity index (χ0v) is 12.3. The fourth-order valence-electron chi connectivity index (χ4n) is 1.93. The normalized spacial score (nSPS) is 18.3. The molecule has 0 atom stereocenters. The molecule has 1 N–H and O–H groups in total. The second-order valence-corrected chi connectivity index (χ2v) is 6.12. The lowest BCUT2D eigenvalue weighted by molar-refractivity contribution is -0.135. The molecule has 0 spiro atoms. The average Bonchev–Trinajstić information content (AvgIpc) is 2.22. The maximum Gasteiger partial charge on any atom is 0.411 e. The van der Waals surface area contributed by atoms with Crippen molar-refractivity contribution in [3.05, 3.63) is 11.8 Å². The zero-order chi connectivity index (χ0) is 14.7. The van der Waals surface area contributed by atoms with Gasteiger partial charge < -0.3 is 9.47 Å². The fraction of sp³-hybridized carbons (Fsp3) is 0.714. The third kappa shape index (κ3) is 4.58. The lowest BCUT2D eigenvalue weighted by Gasteiger charge is -2.40. The summed E-state index contributed by atoms with van der Waals surface area (Å²) in [7, 11) is 1.31. The molecular weight excluding hydrogens is 246 g/mol. The van der Waals surface area contributed by atoms with Crippen LogP contribution in [0.5, 0.6) is 0 Å². The van der Waals surface area contributed by atoms with Gasteiger partial charge in [-0.05, 0) is 33.6 Å². The molecule has 1 aliphatic rings. The molecule has 0 aromatic rings. The number of rotatable bonds is 3. The van der Waals surface area contributed by atoms with Crippen molar-refractivity contribution in [2.45, 2.75) is 52.6 Å². The van der Waals surface area contributed by atoms with Gasteiger partial charge in [0.2, 0.25) is 0 Å². The lowest BCUT2D eigenvalue weighted by Crippen LogP contribution is -2.40. The van der Waals surface area contributed by atoms with Gasteiger partial charge in [0, 0.05) is 17.2 Å². The van der Waals surface area contributed by atoms with Crippen LogP contribution in [0.15, 0.2) is 11.8 Å². The first kappa shape index (κ1) is 15.5. The number of ether oxygens (including phenoxy) is 2. The quantitative estimate of drug-likeness (QED) is 0.632. The zero-order valence-electron chi connectivity index (χ0n) is 12.3. The minimum absolute atomic E-state index is 0.176. The summed E-state index contributed by atoms with van der Waals surface area (Å²) in [6.45, 7) is 7.40. The highest BCUT2D eigenvalue weighted by atomic mass is 16.6. The number of hydrogen-bond acceptors (Lipinski definition) is 4. The first-order chi connectivity index (χ1) is 8.66. The number of hydrogen-bond donors (Lipinski definition) is 1. The van der Waals surface area contributed by atoms with Gasteiger partial charge in [-0.25, -0.2) is 9.59 Å². The highest BCUT2D eigenvalue weighted by Gasteiger charge is 2.37. The predicted octanol–water partition coefficient (Wildman–Crippen LogP) is 2.76. The summed E-state index contributed by atoms with van der Waals surface area (Å²) < 4.78 is 9.82. The van der Waals surface area contributed by atoms with Crippen molar-refractivity contribution < 1.29 is 19.1 Å². The van der Waals surface area contributed by atoms with Gasteiger partial charge in [0.1, 0.15) is 5.60 Å². The van der Waals surface area contributed by atoms with Crippen molar-refractivity contribution in [3.8, 4) is 0 Å². The smallest absolute Gasteiger partial charge is 0.411 e. The molecule has 0 saturated heterocycles. The van der Waals surface area contributed by atoms with Crippen molar-refractivity contribution in [1.82, 2.24) is 5.32 Å². The van der Waals surface area contributed by atoms with Gasteiger partial charge in [0.25, 0.3) is 0 Å². The molecule has 0 bridgehead atoms. The van der Waals surface area contributed by atoms with Gasteiger partial charge in [0.05, 0.1) is 7.11 Å². The Morgan fingerprint density at radius 1 is 1.26 bits per heavy atom. The van der Waals surface area contributed by atoms with E-state index in [9.17, 15) is 9.59 Å². The molecule has 0 aromatic heterocycles. The van der Waals surface area contributed by atoms with Crippen molar-refractivity contribution in [2.75, 3.05) is 7.11 Å². The Morgan fingerprint density at radius 2 is 1.84 bits per heavy atom. The van der Waals surface area contributed by atoms with Gasteiger partial charge in [-0.15, -0.1) is 0 Å². The fourth-order valence-corrected chi connectivity index (χ4v) is 1.93. The third-order valence-corrected chi connectivity index (χ3v) is 3.21. The molecule has 1 amide bonds. The topological polar surface area (TPSA) is 64.6 Å². The van der Waals surface area contributed by atoms with Crippen LogP contribution >= 0.6 is 0 Å². The molecule has 5 heteroatoms. The number of allylic oxidation sites excluding steroid dienone is 1. The Morgan fingerprint density at radius 3 is 2.21 bits per heavy atom. The van der Waals surface area contributed by atoms with E-state index in [2.05, 4.69) is 10.1 Å². The van der Waals surface area contributed by atoms with E-state index in [0.29, 0.717) is 5.70 Å². The van der Waals surface area contributed by atoms with Crippen LogP contribution in [0.1, 0.15) is 47.0 Å². The van der Waals surface area contributed by atoms with E-state index < -0.39 is 17.7 Å². The summed E-state index contributed by atoms with van der Waals surface area (Å²) in [4.78, 5) is 23.2. The number of alkyl carbamates (subject to hydrolysis) is 1. The molecule has 0 aliphatic heterocycles. The molecule has 5 nitrogen and oxygen atoms in total. The summed E-state index contributed by atoms with van der Waals surface area (Å²) in [5, 5.41) is 2.68. The maximum absolute atomic E-state index is 11.8. The molecule has 19 heavy (non-hydrogen) atoms. The first-order valence-corrected chi connectivity index (χ1v) is 6.46. The molecule has 108 valence electrons. The largest absolute Gasteiger partial charge is 0.466 e. The molecule has 0 heterocycles. The minimum Gasteiger partial charge on any atom is -0.466 e. The van der Waals surface area contributed by atoms with Crippen LogP contribution in [0.2, 0.25) is 0 Å². The molecule has 1 fully saturated rings. The molecular formula is C14H23NO4. The SMILES string of the molecule is COC(=O)C=C(NC(=O)OC(C)(C)C)C1(C)CCC1. The van der Waals surface area contributed by atoms with Crippen LogP contribution in [0.3, 0.4) is 0 Å². The summed E-state index contributed by atoms with van der Waals surface area (Å²) >= 11 is 0. The summed E-state index contributed by atoms with van der Waals surface area (Å²) in [5.41, 5.74) is -0.175. The molecule has 1 saturated carbocycles. The number of nitrogens with one attached hydrogen (secondary N) is 1. The maximum atomic E-state index is 11.8. The van der Waals surface area contributed by atoms with Crippen molar-refractivity contribution in [1.29, 1.82) is 0 Å². The van der Waals surface area contributed by atoms with Crippen LogP contribution in [-0.2, 0) is 14.3 Å². The van der Waals surface area contributed by atoms with E-state index in [1.54, 1.807) is 20.8 Å².